The van der Waals surface area contributed by atoms with Crippen LogP contribution in [0.15, 0.2) is 66.2 Å². The molecule has 3 aromatic carbocycles. The van der Waals surface area contributed by atoms with Crippen LogP contribution in [0, 0.1) is 13.8 Å². The summed E-state index contributed by atoms with van der Waals surface area (Å²) in [7, 11) is 2.99. The predicted octanol–water partition coefficient (Wildman–Crippen LogP) is 5.60. The number of amides is 1. The van der Waals surface area contributed by atoms with Crippen molar-refractivity contribution in [1.29, 1.82) is 0 Å². The Kier molecular flexibility index (Phi) is 6.35. The molecule has 1 fully saturated rings. The van der Waals surface area contributed by atoms with Crippen molar-refractivity contribution >= 4 is 34.7 Å². The van der Waals surface area contributed by atoms with Crippen LogP contribution in [-0.2, 0) is 9.59 Å². The fourth-order valence-electron chi connectivity index (χ4n) is 4.27. The number of benzene rings is 3. The average Bonchev–Trinajstić information content (AvgIpc) is 3.09. The lowest BCUT2D eigenvalue weighted by Crippen LogP contribution is -2.30. The molecule has 3 aromatic rings. The molecular formula is C27H24ClNO5. The lowest BCUT2D eigenvalue weighted by molar-refractivity contribution is -0.132. The Hall–Kier alpha value is -3.77. The number of para-hydroxylation sites is 1. The lowest BCUT2D eigenvalue weighted by atomic mass is 9.94. The first kappa shape index (κ1) is 23.4. The molecule has 1 saturated heterocycles. The van der Waals surface area contributed by atoms with Gasteiger partial charge in [0.25, 0.3) is 11.7 Å². The number of rotatable bonds is 5. The highest BCUT2D eigenvalue weighted by Crippen LogP contribution is 2.45. The summed E-state index contributed by atoms with van der Waals surface area (Å²) in [6.45, 7) is 3.68. The predicted molar refractivity (Wildman–Crippen MR) is 132 cm³/mol. The van der Waals surface area contributed by atoms with Gasteiger partial charge in [-0.25, -0.2) is 0 Å². The van der Waals surface area contributed by atoms with E-state index in [0.29, 0.717) is 17.0 Å². The van der Waals surface area contributed by atoms with Gasteiger partial charge in [0.2, 0.25) is 0 Å². The molecule has 0 bridgehead atoms. The van der Waals surface area contributed by atoms with Crippen molar-refractivity contribution < 1.29 is 24.2 Å². The zero-order chi connectivity index (χ0) is 24.6. The molecule has 7 heteroatoms. The van der Waals surface area contributed by atoms with Crippen molar-refractivity contribution in [1.82, 2.24) is 0 Å². The quantitative estimate of drug-likeness (QED) is 0.294. The summed E-state index contributed by atoms with van der Waals surface area (Å²) >= 11 is 6.35. The van der Waals surface area contributed by atoms with Gasteiger partial charge in [-0.05, 0) is 60.9 Å². The number of hydrogen-bond acceptors (Lipinski definition) is 5. The van der Waals surface area contributed by atoms with Gasteiger partial charge in [0.15, 0.2) is 0 Å². The number of ketones is 1. The summed E-state index contributed by atoms with van der Waals surface area (Å²) in [5.74, 6) is -1.02. The van der Waals surface area contributed by atoms with Gasteiger partial charge in [-0.15, -0.1) is 0 Å². The molecule has 0 spiro atoms. The van der Waals surface area contributed by atoms with E-state index < -0.39 is 17.7 Å². The number of hydrogen-bond donors (Lipinski definition) is 1. The number of carbonyl (C=O) groups excluding carboxylic acids is 2. The Morgan fingerprint density at radius 3 is 2.26 bits per heavy atom. The summed E-state index contributed by atoms with van der Waals surface area (Å²) < 4.78 is 10.7. The van der Waals surface area contributed by atoms with Gasteiger partial charge in [0.1, 0.15) is 17.3 Å². The van der Waals surface area contributed by atoms with Crippen LogP contribution in [-0.4, -0.2) is 31.0 Å². The number of nitrogens with zero attached hydrogens (tertiary/aromatic N) is 1. The van der Waals surface area contributed by atoms with Crippen molar-refractivity contribution in [2.75, 3.05) is 19.1 Å². The largest absolute Gasteiger partial charge is 0.507 e. The molecule has 1 atom stereocenters. The van der Waals surface area contributed by atoms with Crippen LogP contribution in [0.25, 0.3) is 5.76 Å². The van der Waals surface area contributed by atoms with Gasteiger partial charge in [0, 0.05) is 5.69 Å². The second-order valence-electron chi connectivity index (χ2n) is 8.06. The van der Waals surface area contributed by atoms with Crippen molar-refractivity contribution in [3.63, 3.8) is 0 Å². The molecule has 4 rings (SSSR count). The molecule has 1 heterocycles. The molecule has 0 aliphatic carbocycles. The van der Waals surface area contributed by atoms with E-state index in [1.807, 2.05) is 26.0 Å². The lowest BCUT2D eigenvalue weighted by Gasteiger charge is -2.27. The first-order chi connectivity index (χ1) is 16.3. The van der Waals surface area contributed by atoms with E-state index in [1.165, 1.54) is 12.0 Å². The van der Waals surface area contributed by atoms with Crippen LogP contribution in [0.3, 0.4) is 0 Å². The van der Waals surface area contributed by atoms with Crippen LogP contribution in [0.4, 0.5) is 5.69 Å². The number of anilines is 1. The average molecular weight is 478 g/mol. The number of Topliss-reactive ketones (excluding diaryl/α,β-unsaturated/α-hetero) is 1. The van der Waals surface area contributed by atoms with E-state index in [-0.39, 0.29) is 27.7 Å². The number of carbonyl (C=O) groups is 2. The Morgan fingerprint density at radius 1 is 0.971 bits per heavy atom. The Morgan fingerprint density at radius 2 is 1.65 bits per heavy atom. The maximum atomic E-state index is 13.4. The van der Waals surface area contributed by atoms with E-state index in [2.05, 4.69) is 0 Å². The highest BCUT2D eigenvalue weighted by molar-refractivity contribution is 6.52. The SMILES string of the molecule is COc1ccc(C2/C(=C(\O)c3cc(C)cc(Cl)c3OC)C(=O)C(=O)N2c2ccccc2C)cc1. The van der Waals surface area contributed by atoms with Crippen molar-refractivity contribution in [2.45, 2.75) is 19.9 Å². The first-order valence-corrected chi connectivity index (χ1v) is 11.0. The second kappa shape index (κ2) is 9.23. The zero-order valence-corrected chi connectivity index (χ0v) is 20.0. The highest BCUT2D eigenvalue weighted by Gasteiger charge is 2.47. The molecule has 0 aromatic heterocycles. The van der Waals surface area contributed by atoms with Gasteiger partial charge >= 0.3 is 0 Å². The van der Waals surface area contributed by atoms with Gasteiger partial charge < -0.3 is 14.6 Å². The summed E-state index contributed by atoms with van der Waals surface area (Å²) in [5.41, 5.74) is 3.01. The molecule has 1 aliphatic rings. The Bertz CT molecular complexity index is 1310. The number of ether oxygens (including phenoxy) is 2. The van der Waals surface area contributed by atoms with E-state index in [4.69, 9.17) is 21.1 Å². The Labute approximate surface area is 203 Å². The van der Waals surface area contributed by atoms with Crippen molar-refractivity contribution in [3.05, 3.63) is 93.5 Å². The Balaban J connectivity index is 2.01. The van der Waals surface area contributed by atoms with Crippen LogP contribution < -0.4 is 14.4 Å². The third kappa shape index (κ3) is 3.90. The number of aliphatic hydroxyl groups excluding tert-OH is 1. The van der Waals surface area contributed by atoms with Gasteiger partial charge in [0.05, 0.1) is 36.4 Å². The summed E-state index contributed by atoms with van der Waals surface area (Å²) in [5, 5.41) is 11.7. The number of aryl methyl sites for hydroxylation is 2. The molecule has 6 nitrogen and oxygen atoms in total. The summed E-state index contributed by atoms with van der Waals surface area (Å²) in [6.07, 6.45) is 0. The van der Waals surface area contributed by atoms with Gasteiger partial charge in [-0.3, -0.25) is 14.5 Å². The van der Waals surface area contributed by atoms with Crippen molar-refractivity contribution in [3.8, 4) is 11.5 Å². The number of methoxy groups -OCH3 is 2. The fourth-order valence-corrected chi connectivity index (χ4v) is 4.62. The first-order valence-electron chi connectivity index (χ1n) is 10.6. The minimum absolute atomic E-state index is 0.0432. The smallest absolute Gasteiger partial charge is 0.300 e. The van der Waals surface area contributed by atoms with Crippen LogP contribution in [0.1, 0.15) is 28.3 Å². The minimum atomic E-state index is -0.865. The molecule has 1 unspecified atom stereocenters. The summed E-state index contributed by atoms with van der Waals surface area (Å²) in [4.78, 5) is 28.2. The molecule has 0 radical (unpaired) electrons. The maximum absolute atomic E-state index is 13.4. The van der Waals surface area contributed by atoms with Crippen molar-refractivity contribution in [2.24, 2.45) is 0 Å². The molecule has 1 amide bonds. The highest BCUT2D eigenvalue weighted by atomic mass is 35.5. The molecule has 0 saturated carbocycles. The fraction of sp³-hybridized carbons (Fsp3) is 0.185. The van der Waals surface area contributed by atoms with E-state index >= 15 is 0 Å². The van der Waals surface area contributed by atoms with Crippen LogP contribution >= 0.6 is 11.6 Å². The van der Waals surface area contributed by atoms with Crippen LogP contribution in [0.2, 0.25) is 5.02 Å². The number of aliphatic hydroxyl groups is 1. The van der Waals surface area contributed by atoms with E-state index in [1.54, 1.807) is 55.6 Å². The topological polar surface area (TPSA) is 76.1 Å². The standard InChI is InChI=1S/C27H24ClNO5/c1-15-13-19(26(34-4)20(28)14-15)24(30)22-23(17-9-11-18(33-3)12-10-17)29(27(32)25(22)31)21-8-6-5-7-16(21)2/h5-14,23,30H,1-4H3/b24-22+. The molecule has 174 valence electrons. The maximum Gasteiger partial charge on any atom is 0.300 e. The monoisotopic (exact) mass is 477 g/mol. The molecule has 1 aliphatic heterocycles. The molecule has 1 N–H and O–H groups in total. The van der Waals surface area contributed by atoms with E-state index in [9.17, 15) is 14.7 Å². The third-order valence-corrected chi connectivity index (χ3v) is 6.18. The minimum Gasteiger partial charge on any atom is -0.507 e. The molecular weight excluding hydrogens is 454 g/mol. The molecule has 34 heavy (non-hydrogen) atoms. The number of halogens is 1. The van der Waals surface area contributed by atoms with Gasteiger partial charge in [-0.1, -0.05) is 41.9 Å². The zero-order valence-electron chi connectivity index (χ0n) is 19.3. The van der Waals surface area contributed by atoms with Gasteiger partial charge in [-0.2, -0.15) is 0 Å². The van der Waals surface area contributed by atoms with Crippen LogP contribution in [0.5, 0.6) is 11.5 Å². The third-order valence-electron chi connectivity index (χ3n) is 5.90. The summed E-state index contributed by atoms with van der Waals surface area (Å²) in [6, 6.07) is 16.8. The normalized spacial score (nSPS) is 17.2. The van der Waals surface area contributed by atoms with E-state index in [0.717, 1.165) is 11.1 Å². The second-order valence-corrected chi connectivity index (χ2v) is 8.46.